The number of rotatable bonds is 8. The maximum atomic E-state index is 13.9. The van der Waals surface area contributed by atoms with Gasteiger partial charge in [0.15, 0.2) is 0 Å². The van der Waals surface area contributed by atoms with Crippen molar-refractivity contribution in [1.82, 2.24) is 9.80 Å². The summed E-state index contributed by atoms with van der Waals surface area (Å²) in [4.78, 5) is 42.7. The fourth-order valence-corrected chi connectivity index (χ4v) is 5.69. The highest BCUT2D eigenvalue weighted by Crippen LogP contribution is 2.63. The number of likely N-dealkylation sites (tertiary alicyclic amines) is 1. The van der Waals surface area contributed by atoms with Crippen molar-refractivity contribution in [2.24, 2.45) is 11.8 Å². The number of unbranched alkanes of at least 4 members (excludes halogenated alkanes) is 1. The molecule has 0 aromatic carbocycles. The third-order valence-electron chi connectivity index (χ3n) is 6.97. The lowest BCUT2D eigenvalue weighted by Crippen LogP contribution is -2.60. The Kier molecular flexibility index (Phi) is 5.79. The van der Waals surface area contributed by atoms with Crippen LogP contribution < -0.4 is 0 Å². The van der Waals surface area contributed by atoms with Gasteiger partial charge in [-0.1, -0.05) is 6.08 Å². The maximum Gasteiger partial charge on any atom is 0.310 e. The molecule has 2 amide bonds. The summed E-state index contributed by atoms with van der Waals surface area (Å²) in [5.41, 5.74) is -2.59. The van der Waals surface area contributed by atoms with Gasteiger partial charge in [-0.25, -0.2) is 0 Å². The standard InChI is InChI=1S/C22H34N2O6/c1-6-11-24(20(2,3)4)18(27)16-22-10-9-21(5,30-22)15(19(28)29)14(22)17(26)23(16)12-7-8-13-25/h6,14-16,25H,1,7-13H2,2-5H3,(H,28,29)/t14-,15+,16?,21-,22?/m0/s1. The van der Waals surface area contributed by atoms with E-state index in [0.29, 0.717) is 32.2 Å². The van der Waals surface area contributed by atoms with Gasteiger partial charge in [0.2, 0.25) is 11.8 Å². The van der Waals surface area contributed by atoms with Crippen molar-refractivity contribution in [3.63, 3.8) is 0 Å². The molecule has 1 spiro atoms. The maximum absolute atomic E-state index is 13.9. The number of carboxylic acids is 1. The van der Waals surface area contributed by atoms with Crippen LogP contribution in [-0.2, 0) is 19.1 Å². The zero-order valence-electron chi connectivity index (χ0n) is 18.4. The average molecular weight is 423 g/mol. The number of aliphatic hydroxyl groups is 1. The highest BCUT2D eigenvalue weighted by atomic mass is 16.5. The second kappa shape index (κ2) is 7.64. The van der Waals surface area contributed by atoms with Crippen molar-refractivity contribution < 1.29 is 29.3 Å². The summed E-state index contributed by atoms with van der Waals surface area (Å²) < 4.78 is 6.36. The third kappa shape index (κ3) is 3.24. The number of aliphatic hydroxyl groups excluding tert-OH is 1. The molecule has 8 nitrogen and oxygen atoms in total. The summed E-state index contributed by atoms with van der Waals surface area (Å²) in [6, 6.07) is -0.876. The molecule has 3 aliphatic heterocycles. The van der Waals surface area contributed by atoms with E-state index in [1.54, 1.807) is 17.9 Å². The van der Waals surface area contributed by atoms with Crippen molar-refractivity contribution in [2.45, 2.75) is 76.2 Å². The molecule has 2 bridgehead atoms. The molecule has 8 heteroatoms. The van der Waals surface area contributed by atoms with Crippen LogP contribution in [-0.4, -0.2) is 80.3 Å². The van der Waals surface area contributed by atoms with E-state index in [4.69, 9.17) is 9.84 Å². The van der Waals surface area contributed by atoms with E-state index in [1.165, 1.54) is 4.90 Å². The molecule has 0 radical (unpaired) electrons. The lowest BCUT2D eigenvalue weighted by molar-refractivity contribution is -0.157. The lowest BCUT2D eigenvalue weighted by Gasteiger charge is -2.42. The number of aliphatic carboxylic acids is 1. The van der Waals surface area contributed by atoms with Crippen LogP contribution in [0.15, 0.2) is 12.7 Å². The number of amides is 2. The number of hydrogen-bond donors (Lipinski definition) is 2. The summed E-state index contributed by atoms with van der Waals surface area (Å²) in [6.45, 7) is 11.9. The van der Waals surface area contributed by atoms with Gasteiger partial charge in [0, 0.05) is 25.2 Å². The molecule has 0 aliphatic carbocycles. The zero-order valence-corrected chi connectivity index (χ0v) is 18.4. The van der Waals surface area contributed by atoms with Crippen molar-refractivity contribution in [2.75, 3.05) is 19.7 Å². The summed E-state index contributed by atoms with van der Waals surface area (Å²) in [7, 11) is 0. The molecule has 3 aliphatic rings. The second-order valence-corrected chi connectivity index (χ2v) is 9.94. The van der Waals surface area contributed by atoms with Gasteiger partial charge in [-0.05, 0) is 53.4 Å². The minimum atomic E-state index is -1.13. The number of carbonyl (C=O) groups excluding carboxylic acids is 2. The predicted molar refractivity (Wildman–Crippen MR) is 110 cm³/mol. The van der Waals surface area contributed by atoms with E-state index in [9.17, 15) is 19.5 Å². The van der Waals surface area contributed by atoms with Gasteiger partial charge in [0.05, 0.1) is 17.4 Å². The Morgan fingerprint density at radius 1 is 1.33 bits per heavy atom. The number of fused-ring (bicyclic) bond motifs is 1. The molecule has 3 saturated heterocycles. The minimum Gasteiger partial charge on any atom is -0.481 e. The van der Waals surface area contributed by atoms with E-state index in [2.05, 4.69) is 6.58 Å². The van der Waals surface area contributed by atoms with Gasteiger partial charge in [-0.15, -0.1) is 6.58 Å². The minimum absolute atomic E-state index is 0.00782. The first-order chi connectivity index (χ1) is 13.9. The molecular formula is C22H34N2O6. The van der Waals surface area contributed by atoms with E-state index < -0.39 is 40.6 Å². The fourth-order valence-electron chi connectivity index (χ4n) is 5.69. The first kappa shape index (κ1) is 22.7. The normalized spacial score (nSPS) is 34.9. The molecule has 0 aromatic heterocycles. The van der Waals surface area contributed by atoms with Crippen LogP contribution in [0.3, 0.4) is 0 Å². The van der Waals surface area contributed by atoms with Crippen LogP contribution in [0, 0.1) is 11.8 Å². The monoisotopic (exact) mass is 422 g/mol. The second-order valence-electron chi connectivity index (χ2n) is 9.94. The molecule has 5 atom stereocenters. The van der Waals surface area contributed by atoms with E-state index in [1.807, 2.05) is 20.8 Å². The summed E-state index contributed by atoms with van der Waals surface area (Å²) in [5.74, 6) is -3.46. The van der Waals surface area contributed by atoms with E-state index in [-0.39, 0.29) is 25.0 Å². The summed E-state index contributed by atoms with van der Waals surface area (Å²) >= 11 is 0. The fraction of sp³-hybridized carbons (Fsp3) is 0.773. The van der Waals surface area contributed by atoms with Crippen LogP contribution in [0.1, 0.15) is 53.4 Å². The Morgan fingerprint density at radius 2 is 2.00 bits per heavy atom. The van der Waals surface area contributed by atoms with Gasteiger partial charge < -0.3 is 24.7 Å². The van der Waals surface area contributed by atoms with Crippen LogP contribution in [0.5, 0.6) is 0 Å². The smallest absolute Gasteiger partial charge is 0.310 e. The van der Waals surface area contributed by atoms with Crippen molar-refractivity contribution >= 4 is 17.8 Å². The van der Waals surface area contributed by atoms with Gasteiger partial charge in [-0.2, -0.15) is 0 Å². The van der Waals surface area contributed by atoms with Gasteiger partial charge in [0.25, 0.3) is 0 Å². The molecule has 30 heavy (non-hydrogen) atoms. The molecule has 2 N–H and O–H groups in total. The quantitative estimate of drug-likeness (QED) is 0.453. The number of carboxylic acid groups (broad SMARTS) is 1. The highest BCUT2D eigenvalue weighted by Gasteiger charge is 2.78. The summed E-state index contributed by atoms with van der Waals surface area (Å²) in [5, 5.41) is 19.1. The largest absolute Gasteiger partial charge is 0.481 e. The van der Waals surface area contributed by atoms with Gasteiger partial charge in [0.1, 0.15) is 11.6 Å². The van der Waals surface area contributed by atoms with Gasteiger partial charge >= 0.3 is 5.97 Å². The lowest BCUT2D eigenvalue weighted by atomic mass is 9.66. The van der Waals surface area contributed by atoms with Crippen molar-refractivity contribution in [3.05, 3.63) is 12.7 Å². The molecule has 168 valence electrons. The molecular weight excluding hydrogens is 388 g/mol. The van der Waals surface area contributed by atoms with Crippen LogP contribution in [0.25, 0.3) is 0 Å². The Labute approximate surface area is 177 Å². The third-order valence-corrected chi connectivity index (χ3v) is 6.97. The van der Waals surface area contributed by atoms with Crippen LogP contribution in [0.4, 0.5) is 0 Å². The van der Waals surface area contributed by atoms with Gasteiger partial charge in [-0.3, -0.25) is 14.4 Å². The molecule has 3 rings (SSSR count). The Morgan fingerprint density at radius 3 is 2.53 bits per heavy atom. The Bertz CT molecular complexity index is 746. The molecule has 0 aromatic rings. The van der Waals surface area contributed by atoms with E-state index >= 15 is 0 Å². The number of hydrogen-bond acceptors (Lipinski definition) is 5. The molecule has 3 heterocycles. The van der Waals surface area contributed by atoms with Crippen LogP contribution >= 0.6 is 0 Å². The van der Waals surface area contributed by atoms with E-state index in [0.717, 1.165) is 0 Å². The molecule has 3 fully saturated rings. The average Bonchev–Trinajstić information content (AvgIpc) is 3.20. The first-order valence-electron chi connectivity index (χ1n) is 10.7. The highest BCUT2D eigenvalue weighted by molar-refractivity contribution is 5.98. The SMILES string of the molecule is C=CCN(C(=O)C1N(CCCCO)C(=O)[C@@H]2[C@H](C(=O)O)[C@]3(C)CCC12O3)C(C)(C)C. The first-order valence-corrected chi connectivity index (χ1v) is 10.7. The Hall–Kier alpha value is -1.93. The number of nitrogens with zero attached hydrogens (tertiary/aromatic N) is 2. The van der Waals surface area contributed by atoms with Crippen LogP contribution in [0.2, 0.25) is 0 Å². The topological polar surface area (TPSA) is 107 Å². The van der Waals surface area contributed by atoms with Crippen molar-refractivity contribution in [3.8, 4) is 0 Å². The van der Waals surface area contributed by atoms with Crippen molar-refractivity contribution in [1.29, 1.82) is 0 Å². The number of carbonyl (C=O) groups is 3. The number of ether oxygens (including phenoxy) is 1. The molecule has 0 saturated carbocycles. The molecule has 2 unspecified atom stereocenters. The summed E-state index contributed by atoms with van der Waals surface area (Å²) in [6.07, 6.45) is 3.65. The Balaban J connectivity index is 2.07. The predicted octanol–water partition coefficient (Wildman–Crippen LogP) is 1.42. The zero-order chi connectivity index (χ0) is 22.5.